The van der Waals surface area contributed by atoms with E-state index < -0.39 is 0 Å². The Kier molecular flexibility index (Phi) is 7.87. The Morgan fingerprint density at radius 1 is 1.40 bits per heavy atom. The standard InChI is InChI=1S/C3H6O.Pt/c1-3(2)4;/h1-2H3;/q;+2. The Morgan fingerprint density at radius 2 is 1.40 bits per heavy atom. The molecule has 0 amide bonds. The van der Waals surface area contributed by atoms with Crippen molar-refractivity contribution in [2.45, 2.75) is 13.8 Å². The second kappa shape index (κ2) is 4.36. The largest absolute Gasteiger partial charge is 2.00 e. The molecule has 0 bridgehead atoms. The van der Waals surface area contributed by atoms with Gasteiger partial charge in [0.2, 0.25) is 0 Å². The van der Waals surface area contributed by atoms with Gasteiger partial charge in [0.15, 0.2) is 0 Å². The number of Topliss-reactive ketones (excluding diaryl/α,β-unsaturated/α-hetero) is 1. The Labute approximate surface area is 46.0 Å². The molecule has 1 nitrogen and oxygen atoms in total. The summed E-state index contributed by atoms with van der Waals surface area (Å²) in [6.45, 7) is 3.06. The number of carbonyl (C=O) groups excluding carboxylic acids is 1. The molecule has 0 aromatic carbocycles. The van der Waals surface area contributed by atoms with Crippen LogP contribution in [0, 0.1) is 0 Å². The summed E-state index contributed by atoms with van der Waals surface area (Å²) >= 11 is 0. The molecule has 0 unspecified atom stereocenters. The van der Waals surface area contributed by atoms with Crippen LogP contribution in [0.2, 0.25) is 0 Å². The van der Waals surface area contributed by atoms with Gasteiger partial charge in [0.1, 0.15) is 5.78 Å². The van der Waals surface area contributed by atoms with Crippen molar-refractivity contribution in [1.29, 1.82) is 0 Å². The van der Waals surface area contributed by atoms with Gasteiger partial charge < -0.3 is 4.79 Å². The van der Waals surface area contributed by atoms with E-state index in [2.05, 4.69) is 0 Å². The average molecular weight is 253 g/mol. The maximum Gasteiger partial charge on any atom is 2.00 e. The maximum atomic E-state index is 9.44. The summed E-state index contributed by atoms with van der Waals surface area (Å²) in [5.41, 5.74) is 0. The third kappa shape index (κ3) is 189. The first kappa shape index (κ1) is 9.02. The smallest absolute Gasteiger partial charge is 0.300 e. The molecule has 2 heteroatoms. The van der Waals surface area contributed by atoms with Crippen LogP contribution in [0.1, 0.15) is 13.8 Å². The summed E-state index contributed by atoms with van der Waals surface area (Å²) < 4.78 is 0. The van der Waals surface area contributed by atoms with Gasteiger partial charge in [0.25, 0.3) is 0 Å². The normalized spacial score (nSPS) is 5.20. The van der Waals surface area contributed by atoms with Crippen molar-refractivity contribution in [3.05, 3.63) is 0 Å². The summed E-state index contributed by atoms with van der Waals surface area (Å²) in [6, 6.07) is 0. The summed E-state index contributed by atoms with van der Waals surface area (Å²) in [4.78, 5) is 9.44. The second-order valence-electron chi connectivity index (χ2n) is 0.908. The van der Waals surface area contributed by atoms with Crippen LogP contribution in [0.15, 0.2) is 0 Å². The molecule has 0 rings (SSSR count). The summed E-state index contributed by atoms with van der Waals surface area (Å²) in [5.74, 6) is 0.167. The Balaban J connectivity index is 0. The molecule has 0 aliphatic rings. The number of hydrogen-bond donors (Lipinski definition) is 0. The molecule has 0 aliphatic carbocycles. The van der Waals surface area contributed by atoms with E-state index in [4.69, 9.17) is 0 Å². The Bertz CT molecular complexity index is 29.9. The zero-order chi connectivity index (χ0) is 3.58. The molecule has 0 saturated heterocycles. The monoisotopic (exact) mass is 253 g/mol. The van der Waals surface area contributed by atoms with Crippen LogP contribution in [0.25, 0.3) is 0 Å². The van der Waals surface area contributed by atoms with E-state index in [-0.39, 0.29) is 26.8 Å². The molecule has 0 aromatic rings. The van der Waals surface area contributed by atoms with Crippen LogP contribution >= 0.6 is 0 Å². The van der Waals surface area contributed by atoms with Crippen molar-refractivity contribution >= 4 is 5.78 Å². The van der Waals surface area contributed by atoms with Gasteiger partial charge in [-0.3, -0.25) is 0 Å². The van der Waals surface area contributed by atoms with Gasteiger partial charge in [-0.2, -0.15) is 0 Å². The van der Waals surface area contributed by atoms with Crippen molar-refractivity contribution in [1.82, 2.24) is 0 Å². The van der Waals surface area contributed by atoms with Crippen LogP contribution in [-0.4, -0.2) is 5.78 Å². The first-order valence-electron chi connectivity index (χ1n) is 1.20. The van der Waals surface area contributed by atoms with Crippen molar-refractivity contribution in [3.8, 4) is 0 Å². The predicted molar refractivity (Wildman–Crippen MR) is 16.4 cm³/mol. The van der Waals surface area contributed by atoms with Gasteiger partial charge in [-0.15, -0.1) is 0 Å². The molecule has 0 spiro atoms. The van der Waals surface area contributed by atoms with E-state index in [0.29, 0.717) is 0 Å². The zero-order valence-electron chi connectivity index (χ0n) is 3.22. The Morgan fingerprint density at radius 3 is 1.40 bits per heavy atom. The van der Waals surface area contributed by atoms with E-state index >= 15 is 0 Å². The third-order valence-corrected chi connectivity index (χ3v) is 0. The van der Waals surface area contributed by atoms with Crippen LogP contribution in [0.4, 0.5) is 0 Å². The minimum absolute atomic E-state index is 0. The van der Waals surface area contributed by atoms with E-state index in [1.165, 1.54) is 13.8 Å². The van der Waals surface area contributed by atoms with Gasteiger partial charge in [0, 0.05) is 0 Å². The van der Waals surface area contributed by atoms with Crippen LogP contribution < -0.4 is 0 Å². The quantitative estimate of drug-likeness (QED) is 0.617. The average Bonchev–Trinajstić information content (AvgIpc) is 0.811. The number of rotatable bonds is 0. The summed E-state index contributed by atoms with van der Waals surface area (Å²) in [5, 5.41) is 0. The van der Waals surface area contributed by atoms with Crippen molar-refractivity contribution in [2.24, 2.45) is 0 Å². The van der Waals surface area contributed by atoms with E-state index in [0.717, 1.165) is 0 Å². The first-order valence-corrected chi connectivity index (χ1v) is 1.20. The molecule has 0 aliphatic heterocycles. The summed E-state index contributed by atoms with van der Waals surface area (Å²) in [6.07, 6.45) is 0. The predicted octanol–water partition coefficient (Wildman–Crippen LogP) is 0.593. The molecule has 0 heterocycles. The second-order valence-corrected chi connectivity index (χ2v) is 0.908. The van der Waals surface area contributed by atoms with Gasteiger partial charge in [-0.25, -0.2) is 0 Å². The topological polar surface area (TPSA) is 17.1 Å². The molecule has 0 aromatic heterocycles. The molecule has 0 N–H and O–H groups in total. The molecule has 0 saturated carbocycles. The minimum atomic E-state index is 0. The van der Waals surface area contributed by atoms with Gasteiger partial charge in [-0.05, 0) is 13.8 Å². The van der Waals surface area contributed by atoms with Crippen LogP contribution in [0.3, 0.4) is 0 Å². The minimum Gasteiger partial charge on any atom is -0.300 e. The molecule has 0 atom stereocenters. The van der Waals surface area contributed by atoms with Crippen LogP contribution in [-0.2, 0) is 25.9 Å². The molecule has 0 radical (unpaired) electrons. The first-order chi connectivity index (χ1) is 1.73. The van der Waals surface area contributed by atoms with E-state index in [9.17, 15) is 4.79 Å². The molecular weight excluding hydrogens is 247 g/mol. The van der Waals surface area contributed by atoms with E-state index in [1.807, 2.05) is 0 Å². The fourth-order valence-electron chi connectivity index (χ4n) is 0. The van der Waals surface area contributed by atoms with E-state index in [1.54, 1.807) is 0 Å². The fourth-order valence-corrected chi connectivity index (χ4v) is 0. The molecular formula is C3H6OPt+2. The SMILES string of the molecule is CC(C)=O.[Pt+2]. The maximum absolute atomic E-state index is 9.44. The zero-order valence-corrected chi connectivity index (χ0v) is 5.50. The molecule has 32 valence electrons. The van der Waals surface area contributed by atoms with Crippen molar-refractivity contribution in [3.63, 3.8) is 0 Å². The third-order valence-electron chi connectivity index (χ3n) is 0. The molecule has 5 heavy (non-hydrogen) atoms. The van der Waals surface area contributed by atoms with Crippen molar-refractivity contribution in [2.75, 3.05) is 0 Å². The molecule has 0 fully saturated rings. The number of ketones is 1. The number of carbonyl (C=O) groups is 1. The fraction of sp³-hybridized carbons (Fsp3) is 0.667. The van der Waals surface area contributed by atoms with Gasteiger partial charge in [-0.1, -0.05) is 0 Å². The van der Waals surface area contributed by atoms with Crippen molar-refractivity contribution < 1.29 is 25.9 Å². The number of hydrogen-bond acceptors (Lipinski definition) is 1. The Hall–Kier alpha value is 0.358. The van der Waals surface area contributed by atoms with Gasteiger partial charge >= 0.3 is 21.1 Å². The summed E-state index contributed by atoms with van der Waals surface area (Å²) in [7, 11) is 0. The van der Waals surface area contributed by atoms with Gasteiger partial charge in [0.05, 0.1) is 0 Å². The van der Waals surface area contributed by atoms with Crippen LogP contribution in [0.5, 0.6) is 0 Å².